The van der Waals surface area contributed by atoms with Crippen molar-refractivity contribution in [2.45, 2.75) is 36.9 Å². The van der Waals surface area contributed by atoms with E-state index in [1.54, 1.807) is 23.6 Å². The maximum absolute atomic E-state index is 14.2. The SMILES string of the molecule is CSc1nccc(-c2cc(F)cc3c2OC(CNC(=O)CCCc2cccs2)C3)n1. The summed E-state index contributed by atoms with van der Waals surface area (Å²) in [4.78, 5) is 22.1. The largest absolute Gasteiger partial charge is 0.487 e. The number of ether oxygens (including phenoxy) is 1. The number of carbonyl (C=O) groups is 1. The number of aromatic nitrogens is 2. The molecule has 2 aromatic heterocycles. The summed E-state index contributed by atoms with van der Waals surface area (Å²) >= 11 is 3.14. The van der Waals surface area contributed by atoms with Crippen molar-refractivity contribution in [3.05, 3.63) is 58.2 Å². The third kappa shape index (κ3) is 4.99. The molecule has 156 valence electrons. The van der Waals surface area contributed by atoms with Crippen molar-refractivity contribution >= 4 is 29.0 Å². The summed E-state index contributed by atoms with van der Waals surface area (Å²) in [5.74, 6) is 0.326. The molecule has 0 radical (unpaired) electrons. The molecule has 1 N–H and O–H groups in total. The number of rotatable bonds is 8. The number of benzene rings is 1. The highest BCUT2D eigenvalue weighted by atomic mass is 32.2. The van der Waals surface area contributed by atoms with Gasteiger partial charge in [0.1, 0.15) is 17.7 Å². The van der Waals surface area contributed by atoms with Crippen LogP contribution in [0.3, 0.4) is 0 Å². The second-order valence-electron chi connectivity index (χ2n) is 7.05. The Bertz CT molecular complexity index is 1030. The number of carbonyl (C=O) groups excluding carboxylic acids is 1. The molecule has 1 amide bonds. The van der Waals surface area contributed by atoms with Crippen LogP contribution >= 0.6 is 23.1 Å². The topological polar surface area (TPSA) is 64.1 Å². The van der Waals surface area contributed by atoms with Gasteiger partial charge in [-0.3, -0.25) is 4.79 Å². The Morgan fingerprint density at radius 2 is 2.30 bits per heavy atom. The lowest BCUT2D eigenvalue weighted by molar-refractivity contribution is -0.121. The average molecular weight is 444 g/mol. The Balaban J connectivity index is 1.36. The Labute approximate surface area is 183 Å². The highest BCUT2D eigenvalue weighted by molar-refractivity contribution is 7.98. The molecule has 8 heteroatoms. The van der Waals surface area contributed by atoms with E-state index in [1.165, 1.54) is 28.8 Å². The van der Waals surface area contributed by atoms with Crippen molar-refractivity contribution in [2.24, 2.45) is 0 Å². The Morgan fingerprint density at radius 3 is 3.10 bits per heavy atom. The number of nitrogens with one attached hydrogen (secondary N) is 1. The van der Waals surface area contributed by atoms with Crippen LogP contribution in [-0.2, 0) is 17.6 Å². The van der Waals surface area contributed by atoms with E-state index in [0.717, 1.165) is 18.4 Å². The molecule has 0 fully saturated rings. The molecule has 4 rings (SSSR count). The molecule has 5 nitrogen and oxygen atoms in total. The molecule has 0 saturated carbocycles. The Kier molecular flexibility index (Phi) is 6.64. The zero-order valence-electron chi connectivity index (χ0n) is 16.6. The summed E-state index contributed by atoms with van der Waals surface area (Å²) in [6.07, 6.45) is 6.10. The standard InChI is InChI=1S/C22H22FN3O2S2/c1-29-22-24-8-7-19(26-22)18-12-15(23)10-14-11-16(28-21(14)18)13-25-20(27)6-2-4-17-5-3-9-30-17/h3,5,7-10,12,16H,2,4,6,11,13H2,1H3,(H,25,27). The van der Waals surface area contributed by atoms with Crippen LogP contribution < -0.4 is 10.1 Å². The minimum Gasteiger partial charge on any atom is -0.487 e. The summed E-state index contributed by atoms with van der Waals surface area (Å²) in [6, 6.07) is 8.80. The number of thiophene rings is 1. The van der Waals surface area contributed by atoms with E-state index >= 15 is 0 Å². The molecule has 0 spiro atoms. The van der Waals surface area contributed by atoms with Gasteiger partial charge in [-0.2, -0.15) is 0 Å². The van der Waals surface area contributed by atoms with Crippen molar-refractivity contribution in [2.75, 3.05) is 12.8 Å². The average Bonchev–Trinajstić information content (AvgIpc) is 3.41. The molecule has 1 aromatic carbocycles. The number of thioether (sulfide) groups is 1. The number of nitrogens with zero attached hydrogens (tertiary/aromatic N) is 2. The molecule has 1 aliphatic rings. The van der Waals surface area contributed by atoms with Crippen LogP contribution in [0.5, 0.6) is 5.75 Å². The molecule has 3 heterocycles. The lowest BCUT2D eigenvalue weighted by atomic mass is 10.0. The van der Waals surface area contributed by atoms with Gasteiger partial charge in [-0.05, 0) is 48.7 Å². The summed E-state index contributed by atoms with van der Waals surface area (Å²) in [5, 5.41) is 5.62. The number of hydrogen-bond donors (Lipinski definition) is 1. The number of fused-ring (bicyclic) bond motifs is 1. The van der Waals surface area contributed by atoms with Gasteiger partial charge in [0, 0.05) is 35.0 Å². The number of hydrogen-bond acceptors (Lipinski definition) is 6. The van der Waals surface area contributed by atoms with E-state index < -0.39 is 0 Å². The summed E-state index contributed by atoms with van der Waals surface area (Å²) in [5.41, 5.74) is 2.04. The summed E-state index contributed by atoms with van der Waals surface area (Å²) < 4.78 is 20.3. The lowest BCUT2D eigenvalue weighted by Gasteiger charge is -2.13. The molecule has 1 aliphatic heterocycles. The minimum absolute atomic E-state index is 0.0120. The van der Waals surface area contributed by atoms with Gasteiger partial charge in [-0.25, -0.2) is 14.4 Å². The third-order valence-electron chi connectivity index (χ3n) is 4.89. The van der Waals surface area contributed by atoms with Gasteiger partial charge in [-0.1, -0.05) is 17.8 Å². The van der Waals surface area contributed by atoms with Gasteiger partial charge in [0.25, 0.3) is 0 Å². The van der Waals surface area contributed by atoms with Gasteiger partial charge < -0.3 is 10.1 Å². The van der Waals surface area contributed by atoms with E-state index in [1.807, 2.05) is 17.7 Å². The van der Waals surface area contributed by atoms with Crippen LogP contribution in [0.1, 0.15) is 23.3 Å². The molecular formula is C22H22FN3O2S2. The molecule has 1 unspecified atom stereocenters. The van der Waals surface area contributed by atoms with Crippen molar-refractivity contribution in [3.63, 3.8) is 0 Å². The van der Waals surface area contributed by atoms with Crippen molar-refractivity contribution in [3.8, 4) is 17.0 Å². The predicted molar refractivity (Wildman–Crippen MR) is 118 cm³/mol. The molecule has 3 aromatic rings. The third-order valence-corrected chi connectivity index (χ3v) is 6.39. The Hall–Kier alpha value is -2.45. The normalized spacial score (nSPS) is 14.9. The zero-order chi connectivity index (χ0) is 20.9. The van der Waals surface area contributed by atoms with Crippen molar-refractivity contribution in [1.29, 1.82) is 0 Å². The van der Waals surface area contributed by atoms with Crippen molar-refractivity contribution in [1.82, 2.24) is 15.3 Å². The number of halogens is 1. The van der Waals surface area contributed by atoms with Crippen LogP contribution in [0.4, 0.5) is 4.39 Å². The van der Waals surface area contributed by atoms with Gasteiger partial charge in [0.05, 0.1) is 12.2 Å². The second kappa shape index (κ2) is 9.57. The van der Waals surface area contributed by atoms with Crippen molar-refractivity contribution < 1.29 is 13.9 Å². The van der Waals surface area contributed by atoms with Crippen LogP contribution in [0.15, 0.2) is 47.1 Å². The van der Waals surface area contributed by atoms with E-state index in [4.69, 9.17) is 4.74 Å². The van der Waals surface area contributed by atoms with E-state index in [0.29, 0.717) is 41.5 Å². The van der Waals surface area contributed by atoms with E-state index in [-0.39, 0.29) is 17.8 Å². The van der Waals surface area contributed by atoms with Crippen LogP contribution in [-0.4, -0.2) is 34.8 Å². The van der Waals surface area contributed by atoms with Crippen LogP contribution in [0.25, 0.3) is 11.3 Å². The van der Waals surface area contributed by atoms with E-state index in [9.17, 15) is 9.18 Å². The predicted octanol–water partition coefficient (Wildman–Crippen LogP) is 4.51. The summed E-state index contributed by atoms with van der Waals surface area (Å²) in [7, 11) is 0. The maximum Gasteiger partial charge on any atom is 0.220 e. The minimum atomic E-state index is -0.324. The van der Waals surface area contributed by atoms with E-state index in [2.05, 4.69) is 21.4 Å². The second-order valence-corrected chi connectivity index (χ2v) is 8.86. The number of amides is 1. The smallest absolute Gasteiger partial charge is 0.220 e. The molecule has 0 aliphatic carbocycles. The van der Waals surface area contributed by atoms with Gasteiger partial charge in [-0.15, -0.1) is 11.3 Å². The lowest BCUT2D eigenvalue weighted by Crippen LogP contribution is -2.34. The fourth-order valence-corrected chi connectivity index (χ4v) is 4.59. The van der Waals surface area contributed by atoms with Crippen LogP contribution in [0.2, 0.25) is 0 Å². The summed E-state index contributed by atoms with van der Waals surface area (Å²) in [6.45, 7) is 0.396. The first-order valence-electron chi connectivity index (χ1n) is 9.78. The molecule has 0 saturated heterocycles. The molecule has 30 heavy (non-hydrogen) atoms. The Morgan fingerprint density at radius 1 is 1.40 bits per heavy atom. The van der Waals surface area contributed by atoms with Crippen LogP contribution in [0, 0.1) is 5.82 Å². The molecule has 0 bridgehead atoms. The van der Waals surface area contributed by atoms with Gasteiger partial charge >= 0.3 is 0 Å². The first-order valence-corrected chi connectivity index (χ1v) is 11.9. The fraction of sp³-hybridized carbons (Fsp3) is 0.318. The first-order chi connectivity index (χ1) is 14.6. The highest BCUT2D eigenvalue weighted by Crippen LogP contribution is 2.39. The zero-order valence-corrected chi connectivity index (χ0v) is 18.2. The van der Waals surface area contributed by atoms with Gasteiger partial charge in [0.15, 0.2) is 5.16 Å². The van der Waals surface area contributed by atoms with Gasteiger partial charge in [0.2, 0.25) is 5.91 Å². The monoisotopic (exact) mass is 443 g/mol. The number of aryl methyl sites for hydroxylation is 1. The molecule has 1 atom stereocenters. The molecular weight excluding hydrogens is 421 g/mol. The first kappa shape index (κ1) is 20.8. The highest BCUT2D eigenvalue weighted by Gasteiger charge is 2.27. The fourth-order valence-electron chi connectivity index (χ4n) is 3.48. The quantitative estimate of drug-likeness (QED) is 0.410. The maximum atomic E-state index is 14.2.